The van der Waals surface area contributed by atoms with Crippen LogP contribution in [0.3, 0.4) is 0 Å². The fraction of sp³-hybridized carbons (Fsp3) is 0.188. The van der Waals surface area contributed by atoms with E-state index in [1.165, 1.54) is 18.2 Å². The molecule has 0 saturated carbocycles. The minimum absolute atomic E-state index is 0.0675. The van der Waals surface area contributed by atoms with Crippen molar-refractivity contribution in [2.24, 2.45) is 0 Å². The van der Waals surface area contributed by atoms with Gasteiger partial charge in [0.15, 0.2) is 9.84 Å². The van der Waals surface area contributed by atoms with E-state index in [1.807, 2.05) is 31.2 Å². The molecular formula is C16H16ClNO3S. The number of halogens is 1. The van der Waals surface area contributed by atoms with E-state index in [-0.39, 0.29) is 15.5 Å². The third-order valence-electron chi connectivity index (χ3n) is 3.31. The molecule has 0 atom stereocenters. The van der Waals surface area contributed by atoms with Crippen LogP contribution in [0.1, 0.15) is 21.5 Å². The zero-order chi connectivity index (χ0) is 16.3. The Balaban J connectivity index is 2.21. The molecule has 6 heteroatoms. The molecule has 1 N–H and O–H groups in total. The first kappa shape index (κ1) is 16.5. The number of amides is 1. The summed E-state index contributed by atoms with van der Waals surface area (Å²) in [7, 11) is -3.39. The molecule has 0 saturated heterocycles. The first-order valence-corrected chi connectivity index (χ1v) is 8.88. The van der Waals surface area contributed by atoms with Gasteiger partial charge in [-0.2, -0.15) is 0 Å². The fourth-order valence-corrected chi connectivity index (χ4v) is 2.84. The van der Waals surface area contributed by atoms with Gasteiger partial charge in [0.1, 0.15) is 0 Å². The van der Waals surface area contributed by atoms with Crippen molar-refractivity contribution in [3.8, 4) is 0 Å². The van der Waals surface area contributed by atoms with Gasteiger partial charge in [0.25, 0.3) is 5.91 Å². The summed E-state index contributed by atoms with van der Waals surface area (Å²) in [6, 6.07) is 11.8. The highest BCUT2D eigenvalue weighted by molar-refractivity contribution is 7.90. The SMILES string of the molecule is Cc1ccccc1CNC(=O)c1cc(S(C)(=O)=O)ccc1Cl. The molecule has 0 bridgehead atoms. The molecule has 0 heterocycles. The highest BCUT2D eigenvalue weighted by Crippen LogP contribution is 2.20. The lowest BCUT2D eigenvalue weighted by atomic mass is 10.1. The normalized spacial score (nSPS) is 11.2. The van der Waals surface area contributed by atoms with Crippen molar-refractivity contribution in [1.29, 1.82) is 0 Å². The summed E-state index contributed by atoms with van der Waals surface area (Å²) in [6.45, 7) is 2.31. The molecule has 0 unspecified atom stereocenters. The molecule has 0 aromatic heterocycles. The van der Waals surface area contributed by atoms with Crippen LogP contribution >= 0.6 is 11.6 Å². The zero-order valence-electron chi connectivity index (χ0n) is 12.3. The Morgan fingerprint density at radius 2 is 1.86 bits per heavy atom. The van der Waals surface area contributed by atoms with Crippen LogP contribution < -0.4 is 5.32 Å². The van der Waals surface area contributed by atoms with Crippen LogP contribution in [-0.4, -0.2) is 20.6 Å². The van der Waals surface area contributed by atoms with Crippen molar-refractivity contribution in [3.63, 3.8) is 0 Å². The van der Waals surface area contributed by atoms with E-state index in [0.29, 0.717) is 6.54 Å². The maximum atomic E-state index is 12.2. The predicted molar refractivity (Wildman–Crippen MR) is 86.9 cm³/mol. The van der Waals surface area contributed by atoms with Gasteiger partial charge in [-0.05, 0) is 36.2 Å². The number of carbonyl (C=O) groups is 1. The van der Waals surface area contributed by atoms with Gasteiger partial charge in [0.05, 0.1) is 15.5 Å². The highest BCUT2D eigenvalue weighted by atomic mass is 35.5. The van der Waals surface area contributed by atoms with Crippen LogP contribution in [0.2, 0.25) is 5.02 Å². The molecule has 0 aliphatic rings. The molecular weight excluding hydrogens is 322 g/mol. The van der Waals surface area contributed by atoms with Crippen LogP contribution in [0.5, 0.6) is 0 Å². The van der Waals surface area contributed by atoms with Crippen LogP contribution in [0, 0.1) is 6.92 Å². The minimum Gasteiger partial charge on any atom is -0.348 e. The second-order valence-corrected chi connectivity index (χ2v) is 7.45. The number of hydrogen-bond acceptors (Lipinski definition) is 3. The average molecular weight is 338 g/mol. The molecule has 0 radical (unpaired) electrons. The number of nitrogens with one attached hydrogen (secondary N) is 1. The van der Waals surface area contributed by atoms with Crippen LogP contribution in [-0.2, 0) is 16.4 Å². The van der Waals surface area contributed by atoms with Crippen molar-refractivity contribution >= 4 is 27.3 Å². The van der Waals surface area contributed by atoms with Gasteiger partial charge in [0, 0.05) is 12.8 Å². The Hall–Kier alpha value is -1.85. The van der Waals surface area contributed by atoms with E-state index in [2.05, 4.69) is 5.32 Å². The molecule has 4 nitrogen and oxygen atoms in total. The molecule has 2 aromatic carbocycles. The van der Waals surface area contributed by atoms with Gasteiger partial charge in [-0.1, -0.05) is 35.9 Å². The van der Waals surface area contributed by atoms with Gasteiger partial charge < -0.3 is 5.32 Å². The number of carbonyl (C=O) groups excluding carboxylic acids is 1. The number of benzene rings is 2. The number of rotatable bonds is 4. The van der Waals surface area contributed by atoms with Crippen molar-refractivity contribution in [3.05, 3.63) is 64.2 Å². The largest absolute Gasteiger partial charge is 0.348 e. The van der Waals surface area contributed by atoms with E-state index >= 15 is 0 Å². The molecule has 0 aliphatic carbocycles. The number of hydrogen-bond donors (Lipinski definition) is 1. The van der Waals surface area contributed by atoms with E-state index in [0.717, 1.165) is 17.4 Å². The van der Waals surface area contributed by atoms with E-state index < -0.39 is 15.7 Å². The second-order valence-electron chi connectivity index (χ2n) is 5.02. The first-order valence-electron chi connectivity index (χ1n) is 6.61. The van der Waals surface area contributed by atoms with E-state index in [4.69, 9.17) is 11.6 Å². The monoisotopic (exact) mass is 337 g/mol. The lowest BCUT2D eigenvalue weighted by Gasteiger charge is -2.10. The molecule has 1 amide bonds. The molecule has 0 fully saturated rings. The third kappa shape index (κ3) is 3.87. The Morgan fingerprint density at radius 3 is 2.50 bits per heavy atom. The Bertz CT molecular complexity index is 816. The summed E-state index contributed by atoms with van der Waals surface area (Å²) >= 11 is 6.00. The molecule has 116 valence electrons. The molecule has 22 heavy (non-hydrogen) atoms. The summed E-state index contributed by atoms with van der Waals surface area (Å²) in [5.41, 5.74) is 2.21. The van der Waals surface area contributed by atoms with E-state index in [9.17, 15) is 13.2 Å². The van der Waals surface area contributed by atoms with Gasteiger partial charge in [-0.3, -0.25) is 4.79 Å². The summed E-state index contributed by atoms with van der Waals surface area (Å²) in [5, 5.41) is 2.97. The first-order chi connectivity index (χ1) is 10.3. The Morgan fingerprint density at radius 1 is 1.18 bits per heavy atom. The third-order valence-corrected chi connectivity index (χ3v) is 4.75. The van der Waals surface area contributed by atoms with E-state index in [1.54, 1.807) is 0 Å². The minimum atomic E-state index is -3.39. The zero-order valence-corrected chi connectivity index (χ0v) is 13.8. The standard InChI is InChI=1S/C16H16ClNO3S/c1-11-5-3-4-6-12(11)10-18-16(19)14-9-13(22(2,20)21)7-8-15(14)17/h3-9H,10H2,1-2H3,(H,18,19). The Kier molecular flexibility index (Phi) is 4.88. The second kappa shape index (κ2) is 6.50. The predicted octanol–water partition coefficient (Wildman–Crippen LogP) is 2.98. The van der Waals surface area contributed by atoms with Crippen LogP contribution in [0.15, 0.2) is 47.4 Å². The summed E-state index contributed by atoms with van der Waals surface area (Å²) in [6.07, 6.45) is 1.09. The smallest absolute Gasteiger partial charge is 0.253 e. The Labute approximate surface area is 135 Å². The van der Waals surface area contributed by atoms with Gasteiger partial charge in [-0.25, -0.2) is 8.42 Å². The fourth-order valence-electron chi connectivity index (χ4n) is 1.99. The number of aryl methyl sites for hydroxylation is 1. The topological polar surface area (TPSA) is 63.2 Å². The quantitative estimate of drug-likeness (QED) is 0.932. The molecule has 2 aromatic rings. The van der Waals surface area contributed by atoms with Crippen molar-refractivity contribution in [1.82, 2.24) is 5.32 Å². The van der Waals surface area contributed by atoms with Crippen LogP contribution in [0.4, 0.5) is 0 Å². The summed E-state index contributed by atoms with van der Waals surface area (Å²) < 4.78 is 23.1. The van der Waals surface area contributed by atoms with Gasteiger partial charge in [0.2, 0.25) is 0 Å². The maximum absolute atomic E-state index is 12.2. The molecule has 0 aliphatic heterocycles. The highest BCUT2D eigenvalue weighted by Gasteiger charge is 2.15. The maximum Gasteiger partial charge on any atom is 0.253 e. The average Bonchev–Trinajstić information content (AvgIpc) is 2.45. The lowest BCUT2D eigenvalue weighted by Crippen LogP contribution is -2.23. The van der Waals surface area contributed by atoms with Crippen LogP contribution in [0.25, 0.3) is 0 Å². The molecule has 2 rings (SSSR count). The van der Waals surface area contributed by atoms with Crippen molar-refractivity contribution < 1.29 is 13.2 Å². The molecule has 0 spiro atoms. The lowest BCUT2D eigenvalue weighted by molar-refractivity contribution is 0.0951. The summed E-state index contributed by atoms with van der Waals surface area (Å²) in [5.74, 6) is -0.404. The van der Waals surface area contributed by atoms with Gasteiger partial charge in [-0.15, -0.1) is 0 Å². The number of sulfone groups is 1. The summed E-state index contributed by atoms with van der Waals surface area (Å²) in [4.78, 5) is 12.3. The van der Waals surface area contributed by atoms with Gasteiger partial charge >= 0.3 is 0 Å². The van der Waals surface area contributed by atoms with Crippen molar-refractivity contribution in [2.75, 3.05) is 6.26 Å². The van der Waals surface area contributed by atoms with Crippen molar-refractivity contribution in [2.45, 2.75) is 18.4 Å².